The Morgan fingerprint density at radius 1 is 1.18 bits per heavy atom. The molecule has 1 aromatic rings. The fourth-order valence-electron chi connectivity index (χ4n) is 4.09. The van der Waals surface area contributed by atoms with Gasteiger partial charge in [0, 0.05) is 18.9 Å². The van der Waals surface area contributed by atoms with Crippen LogP contribution < -0.4 is 4.90 Å². The molecular weight excluding hydrogens is 390 g/mol. The number of nitrogens with zero attached hydrogens (tertiary/aromatic N) is 1. The van der Waals surface area contributed by atoms with Crippen molar-refractivity contribution in [3.05, 3.63) is 41.4 Å². The van der Waals surface area contributed by atoms with Gasteiger partial charge in [0.2, 0.25) is 11.8 Å². The SMILES string of the molecule is CC(=O)OC(OC(C)=O)[C@]12C=C[C@@H](O1)[C@H]1C(=O)N(c3cccc(Cl)c3)C(=O)[C@@H]12. The molecule has 0 aliphatic carbocycles. The van der Waals surface area contributed by atoms with Crippen LogP contribution in [0.25, 0.3) is 0 Å². The van der Waals surface area contributed by atoms with Gasteiger partial charge in [-0.05, 0) is 24.3 Å². The quantitative estimate of drug-likeness (QED) is 0.324. The summed E-state index contributed by atoms with van der Waals surface area (Å²) in [7, 11) is 0. The van der Waals surface area contributed by atoms with Crippen molar-refractivity contribution in [2.24, 2.45) is 11.8 Å². The summed E-state index contributed by atoms with van der Waals surface area (Å²) in [4.78, 5) is 50.5. The lowest BCUT2D eigenvalue weighted by Gasteiger charge is -2.34. The highest BCUT2D eigenvalue weighted by molar-refractivity contribution is 6.31. The maximum Gasteiger partial charge on any atom is 0.305 e. The third kappa shape index (κ3) is 2.63. The topological polar surface area (TPSA) is 99.2 Å². The van der Waals surface area contributed by atoms with Crippen LogP contribution in [0.1, 0.15) is 13.8 Å². The Bertz CT molecular complexity index is 913. The number of esters is 2. The van der Waals surface area contributed by atoms with Crippen molar-refractivity contribution in [1.29, 1.82) is 0 Å². The number of anilines is 1. The van der Waals surface area contributed by atoms with E-state index in [1.165, 1.54) is 12.1 Å². The van der Waals surface area contributed by atoms with Gasteiger partial charge in [-0.1, -0.05) is 23.7 Å². The van der Waals surface area contributed by atoms with Crippen LogP contribution in [0.5, 0.6) is 0 Å². The molecule has 4 rings (SSSR count). The van der Waals surface area contributed by atoms with Crippen molar-refractivity contribution in [2.45, 2.75) is 31.8 Å². The number of rotatable bonds is 4. The second kappa shape index (κ2) is 6.42. The van der Waals surface area contributed by atoms with Crippen molar-refractivity contribution in [3.63, 3.8) is 0 Å². The number of carbonyl (C=O) groups excluding carboxylic acids is 4. The highest BCUT2D eigenvalue weighted by atomic mass is 35.5. The van der Waals surface area contributed by atoms with E-state index < -0.39 is 53.6 Å². The average molecular weight is 406 g/mol. The van der Waals surface area contributed by atoms with Crippen LogP contribution in [0.2, 0.25) is 5.02 Å². The zero-order valence-electron chi connectivity index (χ0n) is 15.0. The van der Waals surface area contributed by atoms with Gasteiger partial charge in [0.1, 0.15) is 0 Å². The molecule has 0 saturated carbocycles. The minimum absolute atomic E-state index is 0.336. The number of hydrogen-bond donors (Lipinski definition) is 0. The van der Waals surface area contributed by atoms with E-state index in [0.29, 0.717) is 10.7 Å². The molecule has 3 aliphatic rings. The van der Waals surface area contributed by atoms with E-state index in [4.69, 9.17) is 25.8 Å². The molecule has 2 fully saturated rings. The first kappa shape index (κ1) is 18.6. The molecule has 0 N–H and O–H groups in total. The summed E-state index contributed by atoms with van der Waals surface area (Å²) in [6.45, 7) is 2.30. The highest BCUT2D eigenvalue weighted by Gasteiger charge is 2.72. The Labute approximate surface area is 165 Å². The largest absolute Gasteiger partial charge is 0.422 e. The van der Waals surface area contributed by atoms with Gasteiger partial charge in [-0.3, -0.25) is 19.2 Å². The van der Waals surface area contributed by atoms with Gasteiger partial charge in [0.05, 0.1) is 23.6 Å². The van der Waals surface area contributed by atoms with Crippen molar-refractivity contribution in [2.75, 3.05) is 4.90 Å². The fourth-order valence-corrected chi connectivity index (χ4v) is 4.27. The zero-order chi connectivity index (χ0) is 20.2. The Kier molecular flexibility index (Phi) is 4.28. The van der Waals surface area contributed by atoms with Gasteiger partial charge in [0.25, 0.3) is 6.29 Å². The summed E-state index contributed by atoms with van der Waals surface area (Å²) in [5, 5.41) is 0.375. The first-order valence-corrected chi connectivity index (χ1v) is 8.97. The zero-order valence-corrected chi connectivity index (χ0v) is 15.7. The van der Waals surface area contributed by atoms with Crippen molar-refractivity contribution < 1.29 is 33.4 Å². The van der Waals surface area contributed by atoms with Gasteiger partial charge in [-0.25, -0.2) is 4.90 Å². The first-order chi connectivity index (χ1) is 13.2. The third-order valence-electron chi connectivity index (χ3n) is 5.06. The van der Waals surface area contributed by atoms with E-state index in [1.54, 1.807) is 24.3 Å². The molecule has 0 unspecified atom stereocenters. The molecule has 8 nitrogen and oxygen atoms in total. The van der Waals surface area contributed by atoms with E-state index in [2.05, 4.69) is 0 Å². The number of benzene rings is 1. The number of fused-ring (bicyclic) bond motifs is 5. The molecule has 3 aliphatic heterocycles. The molecule has 4 atom stereocenters. The van der Waals surface area contributed by atoms with Gasteiger partial charge in [-0.15, -0.1) is 0 Å². The number of hydrogen-bond acceptors (Lipinski definition) is 7. The smallest absolute Gasteiger partial charge is 0.305 e. The lowest BCUT2D eigenvalue weighted by molar-refractivity contribution is -0.226. The maximum atomic E-state index is 13.2. The molecule has 0 spiro atoms. The highest BCUT2D eigenvalue weighted by Crippen LogP contribution is 2.54. The predicted molar refractivity (Wildman–Crippen MR) is 95.0 cm³/mol. The summed E-state index contributed by atoms with van der Waals surface area (Å²) in [6.07, 6.45) is 0.963. The van der Waals surface area contributed by atoms with E-state index in [0.717, 1.165) is 18.7 Å². The number of ether oxygens (including phenoxy) is 3. The molecule has 3 heterocycles. The number of halogens is 1. The standard InChI is InChI=1S/C19H16ClNO7/c1-9(22)26-18(27-10(2)23)19-7-6-13(28-19)14-15(19)17(25)21(16(14)24)12-5-3-4-11(20)8-12/h3-8,13-15,18H,1-2H3/t13-,14-,15-,19-/m1/s1. The molecule has 2 saturated heterocycles. The van der Waals surface area contributed by atoms with Gasteiger partial charge in [-0.2, -0.15) is 0 Å². The van der Waals surface area contributed by atoms with Gasteiger partial charge >= 0.3 is 11.9 Å². The van der Waals surface area contributed by atoms with Crippen molar-refractivity contribution >= 4 is 41.0 Å². The maximum absolute atomic E-state index is 13.2. The summed E-state index contributed by atoms with van der Waals surface area (Å²) in [6, 6.07) is 6.37. The van der Waals surface area contributed by atoms with Crippen molar-refractivity contribution in [3.8, 4) is 0 Å². The Hall–Kier alpha value is -2.71. The first-order valence-electron chi connectivity index (χ1n) is 8.59. The van der Waals surface area contributed by atoms with Crippen LogP contribution in [0, 0.1) is 11.8 Å². The molecule has 28 heavy (non-hydrogen) atoms. The number of imide groups is 1. The van der Waals surface area contributed by atoms with Gasteiger partial charge in [0.15, 0.2) is 5.60 Å². The van der Waals surface area contributed by atoms with E-state index in [1.807, 2.05) is 0 Å². The van der Waals surface area contributed by atoms with Crippen LogP contribution >= 0.6 is 11.6 Å². The summed E-state index contributed by atoms with van der Waals surface area (Å²) in [5.41, 5.74) is -1.23. The molecular formula is C19H16ClNO7. The van der Waals surface area contributed by atoms with E-state index in [9.17, 15) is 19.2 Å². The Morgan fingerprint density at radius 2 is 1.86 bits per heavy atom. The van der Waals surface area contributed by atoms with Crippen LogP contribution in [0.4, 0.5) is 5.69 Å². The second-order valence-corrected chi connectivity index (χ2v) is 7.28. The normalized spacial score (nSPS) is 30.1. The predicted octanol–water partition coefficient (Wildman–Crippen LogP) is 1.61. The summed E-state index contributed by atoms with van der Waals surface area (Å²) in [5.74, 6) is -4.23. The number of carbonyl (C=O) groups is 4. The van der Waals surface area contributed by atoms with E-state index >= 15 is 0 Å². The minimum Gasteiger partial charge on any atom is -0.422 e. The van der Waals surface area contributed by atoms with Crippen LogP contribution in [-0.2, 0) is 33.4 Å². The van der Waals surface area contributed by atoms with Crippen LogP contribution in [0.3, 0.4) is 0 Å². The van der Waals surface area contributed by atoms with Crippen LogP contribution in [-0.4, -0.2) is 41.7 Å². The number of amides is 2. The lowest BCUT2D eigenvalue weighted by atomic mass is 9.76. The molecule has 146 valence electrons. The molecule has 2 amide bonds. The Balaban J connectivity index is 1.75. The third-order valence-corrected chi connectivity index (χ3v) is 5.29. The van der Waals surface area contributed by atoms with Crippen LogP contribution in [0.15, 0.2) is 36.4 Å². The fraction of sp³-hybridized carbons (Fsp3) is 0.368. The van der Waals surface area contributed by atoms with E-state index in [-0.39, 0.29) is 0 Å². The monoisotopic (exact) mass is 405 g/mol. The minimum atomic E-state index is -1.56. The van der Waals surface area contributed by atoms with Gasteiger partial charge < -0.3 is 14.2 Å². The summed E-state index contributed by atoms with van der Waals surface area (Å²) < 4.78 is 16.2. The molecule has 2 bridgehead atoms. The molecule has 1 aromatic carbocycles. The molecule has 0 aromatic heterocycles. The molecule has 0 radical (unpaired) electrons. The average Bonchev–Trinajstić information content (AvgIpc) is 3.25. The lowest BCUT2D eigenvalue weighted by Crippen LogP contribution is -2.52. The second-order valence-electron chi connectivity index (χ2n) is 6.84. The molecule has 9 heteroatoms. The Morgan fingerprint density at radius 3 is 2.46 bits per heavy atom. The van der Waals surface area contributed by atoms with Crippen molar-refractivity contribution in [1.82, 2.24) is 0 Å². The summed E-state index contributed by atoms with van der Waals surface area (Å²) >= 11 is 6.00.